The molecule has 3 aliphatic heterocycles. The van der Waals surface area contributed by atoms with E-state index < -0.39 is 54.3 Å². The van der Waals surface area contributed by atoms with E-state index >= 15 is 8.78 Å². The van der Waals surface area contributed by atoms with Crippen molar-refractivity contribution in [3.8, 4) is 6.07 Å². The minimum Gasteiger partial charge on any atom is -0.372 e. The molecular weight excluding hydrogens is 494 g/mol. The molecule has 2 bridgehead atoms. The number of nitrogens with one attached hydrogen (secondary N) is 3. The van der Waals surface area contributed by atoms with Gasteiger partial charge in [0.2, 0.25) is 17.7 Å². The van der Waals surface area contributed by atoms with E-state index in [-0.39, 0.29) is 24.7 Å². The fraction of sp³-hybridized carbons (Fsp3) is 0.667. The molecule has 2 saturated carbocycles. The Kier molecular flexibility index (Phi) is 7.25. The molecule has 2 aliphatic carbocycles. The smallest absolute Gasteiger partial charge is 0.255 e. The highest BCUT2D eigenvalue weighted by atomic mass is 19.3. The molecule has 9 nitrogen and oxygen atoms in total. The number of halogens is 2. The monoisotopic (exact) mass is 528 g/mol. The van der Waals surface area contributed by atoms with Crippen LogP contribution < -0.4 is 16.0 Å². The van der Waals surface area contributed by atoms with E-state index in [1.807, 2.05) is 19.1 Å². The SMILES string of the molecule is Cc1cncc(N[C@@H](CC2CC2)C(=O)N2[C@H]3CC[C@@H]([C@@H]2C(=O)N[C@@H](C#N)C[C@@H]2CCNC2=O)C(F)(F)C3)c1. The summed E-state index contributed by atoms with van der Waals surface area (Å²) in [7, 11) is 0. The summed E-state index contributed by atoms with van der Waals surface area (Å²) >= 11 is 0. The lowest BCUT2D eigenvalue weighted by atomic mass is 9.71. The first-order valence-corrected chi connectivity index (χ1v) is 13.5. The van der Waals surface area contributed by atoms with E-state index in [4.69, 9.17) is 0 Å². The molecule has 5 fully saturated rings. The number of fused-ring (bicyclic) bond motifs is 3. The lowest BCUT2D eigenvalue weighted by molar-refractivity contribution is -0.194. The van der Waals surface area contributed by atoms with Crippen LogP contribution in [0.4, 0.5) is 14.5 Å². The van der Waals surface area contributed by atoms with Gasteiger partial charge in [-0.3, -0.25) is 19.4 Å². The van der Waals surface area contributed by atoms with Crippen molar-refractivity contribution in [1.82, 2.24) is 20.5 Å². The first-order chi connectivity index (χ1) is 18.2. The number of hydrogen-bond donors (Lipinski definition) is 3. The summed E-state index contributed by atoms with van der Waals surface area (Å²) in [5, 5.41) is 18.2. The number of nitriles is 1. The Balaban J connectivity index is 1.38. The van der Waals surface area contributed by atoms with Crippen LogP contribution in [-0.2, 0) is 14.4 Å². The molecule has 0 aromatic carbocycles. The Labute approximate surface area is 220 Å². The maximum absolute atomic E-state index is 15.1. The van der Waals surface area contributed by atoms with Crippen molar-refractivity contribution in [1.29, 1.82) is 5.26 Å². The van der Waals surface area contributed by atoms with Crippen LogP contribution in [0, 0.1) is 36.0 Å². The van der Waals surface area contributed by atoms with Crippen molar-refractivity contribution in [2.24, 2.45) is 17.8 Å². The minimum absolute atomic E-state index is 0.103. The molecule has 4 heterocycles. The van der Waals surface area contributed by atoms with Crippen molar-refractivity contribution >= 4 is 23.4 Å². The minimum atomic E-state index is -3.09. The summed E-state index contributed by atoms with van der Waals surface area (Å²) in [4.78, 5) is 45.1. The maximum atomic E-state index is 15.1. The summed E-state index contributed by atoms with van der Waals surface area (Å²) < 4.78 is 30.2. The van der Waals surface area contributed by atoms with Crippen molar-refractivity contribution in [2.45, 2.75) is 88.4 Å². The molecule has 3 amide bonds. The van der Waals surface area contributed by atoms with Crippen molar-refractivity contribution < 1.29 is 23.2 Å². The third kappa shape index (κ3) is 5.45. The predicted octanol–water partition coefficient (Wildman–Crippen LogP) is 2.52. The van der Waals surface area contributed by atoms with Gasteiger partial charge in [-0.1, -0.05) is 12.8 Å². The van der Waals surface area contributed by atoms with Gasteiger partial charge < -0.3 is 20.9 Å². The fourth-order valence-corrected chi connectivity index (χ4v) is 6.30. The lowest BCUT2D eigenvalue weighted by Gasteiger charge is -2.54. The highest BCUT2D eigenvalue weighted by Gasteiger charge is 2.61. The van der Waals surface area contributed by atoms with Crippen molar-refractivity contribution in [2.75, 3.05) is 11.9 Å². The molecule has 204 valence electrons. The van der Waals surface area contributed by atoms with Gasteiger partial charge in [0.15, 0.2) is 0 Å². The Hall–Kier alpha value is -3.29. The molecule has 11 heteroatoms. The van der Waals surface area contributed by atoms with Gasteiger partial charge in [0.25, 0.3) is 5.92 Å². The number of piperidine rings is 2. The summed E-state index contributed by atoms with van der Waals surface area (Å²) in [5.41, 5.74) is 1.58. The van der Waals surface area contributed by atoms with E-state index in [0.29, 0.717) is 37.4 Å². The normalized spacial score (nSPS) is 29.2. The predicted molar refractivity (Wildman–Crippen MR) is 134 cm³/mol. The quantitative estimate of drug-likeness (QED) is 0.452. The first kappa shape index (κ1) is 26.3. The van der Waals surface area contributed by atoms with Gasteiger partial charge in [0.1, 0.15) is 18.1 Å². The molecule has 0 radical (unpaired) electrons. The van der Waals surface area contributed by atoms with Crippen LogP contribution in [0.25, 0.3) is 0 Å². The zero-order valence-corrected chi connectivity index (χ0v) is 21.5. The summed E-state index contributed by atoms with van der Waals surface area (Å²) in [6.07, 6.45) is 6.59. The van der Waals surface area contributed by atoms with Gasteiger partial charge in [0.05, 0.1) is 17.7 Å². The van der Waals surface area contributed by atoms with Gasteiger partial charge in [0, 0.05) is 37.3 Å². The maximum Gasteiger partial charge on any atom is 0.255 e. The Morgan fingerprint density at radius 1 is 1.24 bits per heavy atom. The molecule has 1 aromatic heterocycles. The molecule has 3 saturated heterocycles. The van der Waals surface area contributed by atoms with Crippen LogP contribution in [-0.4, -0.2) is 64.2 Å². The number of alkyl halides is 2. The van der Waals surface area contributed by atoms with Crippen LogP contribution in [0.5, 0.6) is 0 Å². The van der Waals surface area contributed by atoms with Crippen LogP contribution >= 0.6 is 0 Å². The molecule has 38 heavy (non-hydrogen) atoms. The number of nitrogens with zero attached hydrogens (tertiary/aromatic N) is 3. The second-order valence-corrected chi connectivity index (χ2v) is 11.3. The second kappa shape index (κ2) is 10.5. The van der Waals surface area contributed by atoms with Crippen molar-refractivity contribution in [3.05, 3.63) is 24.0 Å². The average Bonchev–Trinajstić information content (AvgIpc) is 3.61. The van der Waals surface area contributed by atoms with Crippen LogP contribution in [0.15, 0.2) is 18.5 Å². The number of pyridine rings is 1. The van der Waals surface area contributed by atoms with Crippen LogP contribution in [0.3, 0.4) is 0 Å². The third-order valence-electron chi connectivity index (χ3n) is 8.39. The standard InChI is InChI=1S/C27H34F2N6O3/c1-15-8-19(14-31-13-15)33-22(9-16-2-3-16)26(38)35-20-4-5-21(27(28,29)11-20)23(35)25(37)34-18(12-30)10-17-6-7-32-24(17)36/h8,13-14,16-18,20-23,33H,2-7,9-11H2,1H3,(H,32,36)(H,34,37)/t17-,18+,20-,21-,22-,23+/m0/s1. The first-order valence-electron chi connectivity index (χ1n) is 13.5. The van der Waals surface area contributed by atoms with Gasteiger partial charge in [-0.2, -0.15) is 5.26 Å². The third-order valence-corrected chi connectivity index (χ3v) is 8.39. The Morgan fingerprint density at radius 2 is 2.03 bits per heavy atom. The zero-order chi connectivity index (χ0) is 27.0. The van der Waals surface area contributed by atoms with E-state index in [2.05, 4.69) is 20.9 Å². The second-order valence-electron chi connectivity index (χ2n) is 11.3. The summed E-state index contributed by atoms with van der Waals surface area (Å²) in [6, 6.07) is 0.0408. The van der Waals surface area contributed by atoms with Gasteiger partial charge in [-0.15, -0.1) is 0 Å². The molecule has 5 aliphatic rings. The molecule has 0 spiro atoms. The number of carbonyl (C=O) groups excluding carboxylic acids is 3. The number of carbonyl (C=O) groups is 3. The summed E-state index contributed by atoms with van der Waals surface area (Å²) in [5.74, 6) is -5.77. The number of rotatable bonds is 9. The molecule has 6 rings (SSSR count). The van der Waals surface area contributed by atoms with E-state index in [1.165, 1.54) is 4.90 Å². The average molecular weight is 529 g/mol. The number of hydrogen-bond acceptors (Lipinski definition) is 6. The topological polar surface area (TPSA) is 127 Å². The van der Waals surface area contributed by atoms with Gasteiger partial charge in [-0.25, -0.2) is 8.78 Å². The van der Waals surface area contributed by atoms with Gasteiger partial charge in [-0.05, 0) is 56.6 Å². The Bertz CT molecular complexity index is 1140. The number of aromatic nitrogens is 1. The number of anilines is 1. The molecule has 0 unspecified atom stereocenters. The molecule has 1 aromatic rings. The zero-order valence-electron chi connectivity index (χ0n) is 21.5. The summed E-state index contributed by atoms with van der Waals surface area (Å²) in [6.45, 7) is 2.39. The van der Waals surface area contributed by atoms with Crippen LogP contribution in [0.1, 0.15) is 56.9 Å². The molecular formula is C27H34F2N6O3. The fourth-order valence-electron chi connectivity index (χ4n) is 6.30. The number of aryl methyl sites for hydroxylation is 1. The highest BCUT2D eigenvalue weighted by molar-refractivity contribution is 5.92. The molecule has 3 N–H and O–H groups in total. The van der Waals surface area contributed by atoms with E-state index in [9.17, 15) is 19.6 Å². The van der Waals surface area contributed by atoms with E-state index in [1.54, 1.807) is 12.4 Å². The molecule has 6 atom stereocenters. The van der Waals surface area contributed by atoms with Crippen molar-refractivity contribution in [3.63, 3.8) is 0 Å². The lowest BCUT2D eigenvalue weighted by Crippen LogP contribution is -2.70. The largest absolute Gasteiger partial charge is 0.372 e. The Morgan fingerprint density at radius 3 is 2.66 bits per heavy atom. The van der Waals surface area contributed by atoms with Crippen LogP contribution in [0.2, 0.25) is 0 Å². The van der Waals surface area contributed by atoms with E-state index in [0.717, 1.165) is 18.4 Å². The number of amides is 3. The van der Waals surface area contributed by atoms with Gasteiger partial charge >= 0.3 is 0 Å². The highest BCUT2D eigenvalue weighted by Crippen LogP contribution is 2.49.